The van der Waals surface area contributed by atoms with Gasteiger partial charge in [0.25, 0.3) is 0 Å². The zero-order valence-electron chi connectivity index (χ0n) is 21.6. The molecule has 39 heavy (non-hydrogen) atoms. The summed E-state index contributed by atoms with van der Waals surface area (Å²) in [5.74, 6) is -1.06. The molecule has 1 aromatic heterocycles. The first-order valence-corrected chi connectivity index (χ1v) is 13.3. The summed E-state index contributed by atoms with van der Waals surface area (Å²) in [6.07, 6.45) is 5.78. The number of hydrogen-bond acceptors (Lipinski definition) is 6. The Morgan fingerprint density at radius 2 is 1.72 bits per heavy atom. The molecule has 9 heteroatoms. The van der Waals surface area contributed by atoms with Gasteiger partial charge in [-0.1, -0.05) is 35.9 Å². The van der Waals surface area contributed by atoms with Crippen LogP contribution in [-0.2, 0) is 0 Å². The Morgan fingerprint density at radius 3 is 2.38 bits per heavy atom. The minimum atomic E-state index is -0.801. The first-order valence-electron chi connectivity index (χ1n) is 12.9. The highest BCUT2D eigenvalue weighted by atomic mass is 35.5. The Bertz CT molecular complexity index is 1560. The molecule has 2 atom stereocenters. The van der Waals surface area contributed by atoms with E-state index < -0.39 is 17.4 Å². The molecule has 200 valence electrons. The van der Waals surface area contributed by atoms with Crippen molar-refractivity contribution < 1.29 is 13.9 Å². The van der Waals surface area contributed by atoms with Gasteiger partial charge in [-0.15, -0.1) is 0 Å². The molecule has 6 nitrogen and oxygen atoms in total. The number of aromatic hydroxyl groups is 1. The molecule has 2 bridgehead atoms. The Hall–Kier alpha value is -3.75. The van der Waals surface area contributed by atoms with Gasteiger partial charge in [-0.2, -0.15) is 0 Å². The monoisotopic (exact) mass is 547 g/mol. The van der Waals surface area contributed by atoms with Crippen molar-refractivity contribution in [2.24, 2.45) is 0 Å². The van der Waals surface area contributed by atoms with E-state index in [-0.39, 0.29) is 21.7 Å². The summed E-state index contributed by atoms with van der Waals surface area (Å²) < 4.78 is 31.0. The topological polar surface area (TPSA) is 64.5 Å². The van der Waals surface area contributed by atoms with Crippen LogP contribution >= 0.6 is 11.6 Å². The van der Waals surface area contributed by atoms with Crippen LogP contribution in [0.3, 0.4) is 0 Å². The van der Waals surface area contributed by atoms with Crippen LogP contribution in [-0.4, -0.2) is 54.3 Å². The summed E-state index contributed by atoms with van der Waals surface area (Å²) in [5, 5.41) is 14.4. The lowest BCUT2D eigenvalue weighted by Gasteiger charge is -2.34. The largest absolute Gasteiger partial charge is 0.507 e. The SMILES string of the molecule is CN(C)c1ccc(/C=C/c2nc(N3C[C@H]4CC[C@@H](C3)N4)c3cc(Cl)c(-c4c(O)cccc4F)c(F)c3n2)cc1. The number of nitrogens with one attached hydrogen (secondary N) is 1. The van der Waals surface area contributed by atoms with Crippen molar-refractivity contribution in [2.75, 3.05) is 37.0 Å². The summed E-state index contributed by atoms with van der Waals surface area (Å²) in [4.78, 5) is 13.6. The van der Waals surface area contributed by atoms with E-state index in [0.717, 1.165) is 43.2 Å². The molecule has 0 saturated carbocycles. The molecule has 0 radical (unpaired) electrons. The fourth-order valence-electron chi connectivity index (χ4n) is 5.53. The molecule has 0 spiro atoms. The summed E-state index contributed by atoms with van der Waals surface area (Å²) >= 11 is 6.56. The normalized spacial score (nSPS) is 18.8. The van der Waals surface area contributed by atoms with Crippen molar-refractivity contribution in [2.45, 2.75) is 24.9 Å². The maximum atomic E-state index is 16.2. The molecule has 0 amide bonds. The van der Waals surface area contributed by atoms with Gasteiger partial charge < -0.3 is 20.2 Å². The predicted molar refractivity (Wildman–Crippen MR) is 153 cm³/mol. The van der Waals surface area contributed by atoms with Gasteiger partial charge in [0.15, 0.2) is 11.6 Å². The Labute approximate surface area is 230 Å². The number of hydrogen-bond donors (Lipinski definition) is 2. The lowest BCUT2D eigenvalue weighted by molar-refractivity contribution is 0.464. The van der Waals surface area contributed by atoms with Gasteiger partial charge in [0.05, 0.1) is 10.6 Å². The number of benzene rings is 3. The van der Waals surface area contributed by atoms with Crippen LogP contribution in [0, 0.1) is 11.6 Å². The molecule has 2 aliphatic heterocycles. The van der Waals surface area contributed by atoms with E-state index in [1.165, 1.54) is 12.1 Å². The maximum absolute atomic E-state index is 16.2. The number of halogens is 3. The highest BCUT2D eigenvalue weighted by molar-refractivity contribution is 6.34. The lowest BCUT2D eigenvalue weighted by Crippen LogP contribution is -2.51. The van der Waals surface area contributed by atoms with Crippen molar-refractivity contribution >= 4 is 46.2 Å². The second-order valence-electron chi connectivity index (χ2n) is 10.3. The van der Waals surface area contributed by atoms with Crippen molar-refractivity contribution in [3.8, 4) is 16.9 Å². The van der Waals surface area contributed by atoms with E-state index in [9.17, 15) is 9.50 Å². The highest BCUT2D eigenvalue weighted by Crippen LogP contribution is 2.42. The number of piperazine rings is 1. The molecular weight excluding hydrogens is 520 g/mol. The van der Waals surface area contributed by atoms with Crippen LogP contribution in [0.25, 0.3) is 34.2 Å². The fourth-order valence-corrected chi connectivity index (χ4v) is 5.81. The zero-order chi connectivity index (χ0) is 27.3. The molecule has 0 unspecified atom stereocenters. The van der Waals surface area contributed by atoms with Gasteiger partial charge in [-0.3, -0.25) is 0 Å². The van der Waals surface area contributed by atoms with E-state index in [1.54, 1.807) is 12.1 Å². The predicted octanol–water partition coefficient (Wildman–Crippen LogP) is 6.11. The Balaban J connectivity index is 1.51. The molecule has 2 aliphatic rings. The van der Waals surface area contributed by atoms with Crippen LogP contribution in [0.5, 0.6) is 5.75 Å². The number of aromatic nitrogens is 2. The molecular formula is C30H28ClF2N5O. The van der Waals surface area contributed by atoms with E-state index >= 15 is 4.39 Å². The molecule has 0 aliphatic carbocycles. The van der Waals surface area contributed by atoms with Crippen molar-refractivity contribution in [1.29, 1.82) is 0 Å². The number of nitrogens with zero attached hydrogens (tertiary/aromatic N) is 4. The number of rotatable bonds is 5. The summed E-state index contributed by atoms with van der Waals surface area (Å²) in [6.45, 7) is 1.46. The summed E-state index contributed by atoms with van der Waals surface area (Å²) in [6, 6.07) is 14.1. The summed E-state index contributed by atoms with van der Waals surface area (Å²) in [7, 11) is 3.96. The second kappa shape index (κ2) is 10.1. The van der Waals surface area contributed by atoms with Gasteiger partial charge in [0.1, 0.15) is 22.9 Å². The van der Waals surface area contributed by atoms with Gasteiger partial charge >= 0.3 is 0 Å². The number of anilines is 2. The van der Waals surface area contributed by atoms with E-state index in [2.05, 4.69) is 15.2 Å². The quantitative estimate of drug-likeness (QED) is 0.314. The van der Waals surface area contributed by atoms with Gasteiger partial charge in [0.2, 0.25) is 0 Å². The molecule has 4 aromatic rings. The van der Waals surface area contributed by atoms with Gasteiger partial charge in [-0.25, -0.2) is 18.7 Å². The first kappa shape index (κ1) is 25.5. The van der Waals surface area contributed by atoms with Crippen LogP contribution in [0.15, 0.2) is 48.5 Å². The van der Waals surface area contributed by atoms with Crippen LogP contribution in [0.4, 0.5) is 20.3 Å². The third kappa shape index (κ3) is 4.79. The molecule has 2 N–H and O–H groups in total. The average molecular weight is 548 g/mol. The minimum absolute atomic E-state index is 0.0207. The Kier molecular flexibility index (Phi) is 6.61. The summed E-state index contributed by atoms with van der Waals surface area (Å²) in [5.41, 5.74) is 1.53. The molecule has 2 fully saturated rings. The smallest absolute Gasteiger partial charge is 0.159 e. The van der Waals surface area contributed by atoms with Crippen LogP contribution in [0.1, 0.15) is 24.2 Å². The third-order valence-corrected chi connectivity index (χ3v) is 7.77. The standard InChI is InChI=1S/C30H28ClF2N5O/c1-37(2)20-11-6-17(7-12-20)8-13-25-35-29-21(30(36-25)38-15-18-9-10-19(16-38)34-18)14-22(31)26(28(29)33)27-23(32)4-3-5-24(27)39/h3-8,11-14,18-19,34,39H,9-10,15-16H2,1-2H3/b13-8+/t18-,19+. The van der Waals surface area contributed by atoms with Gasteiger partial charge in [0, 0.05) is 55.9 Å². The Morgan fingerprint density at radius 1 is 1.00 bits per heavy atom. The van der Waals surface area contributed by atoms with Gasteiger partial charge in [-0.05, 0) is 54.8 Å². The second-order valence-corrected chi connectivity index (χ2v) is 10.8. The number of phenols is 1. The first-order chi connectivity index (χ1) is 18.8. The fraction of sp³-hybridized carbons (Fsp3) is 0.267. The van der Waals surface area contributed by atoms with E-state index in [4.69, 9.17) is 16.6 Å². The van der Waals surface area contributed by atoms with E-state index in [0.29, 0.717) is 29.1 Å². The molecule has 2 saturated heterocycles. The molecule has 3 aromatic carbocycles. The van der Waals surface area contributed by atoms with Crippen LogP contribution in [0.2, 0.25) is 5.02 Å². The minimum Gasteiger partial charge on any atom is -0.507 e. The van der Waals surface area contributed by atoms with Crippen molar-refractivity contribution in [3.63, 3.8) is 0 Å². The average Bonchev–Trinajstić information content (AvgIpc) is 3.26. The van der Waals surface area contributed by atoms with Crippen LogP contribution < -0.4 is 15.1 Å². The van der Waals surface area contributed by atoms with Crippen molar-refractivity contribution in [3.05, 3.63) is 76.6 Å². The highest BCUT2D eigenvalue weighted by Gasteiger charge is 2.34. The van der Waals surface area contributed by atoms with Crippen molar-refractivity contribution in [1.82, 2.24) is 15.3 Å². The number of phenolic OH excluding ortho intramolecular Hbond substituents is 1. The maximum Gasteiger partial charge on any atom is 0.159 e. The van der Waals surface area contributed by atoms with E-state index in [1.807, 2.05) is 49.3 Å². The molecule has 6 rings (SSSR count). The molecule has 3 heterocycles. The lowest BCUT2D eigenvalue weighted by atomic mass is 10.0. The third-order valence-electron chi connectivity index (χ3n) is 7.47. The number of fused-ring (bicyclic) bond motifs is 3. The zero-order valence-corrected chi connectivity index (χ0v) is 22.4.